The molecule has 5 nitrogen and oxygen atoms in total. The molecule has 3 heterocycles. The first-order valence-corrected chi connectivity index (χ1v) is 7.78. The molecule has 0 atom stereocenters. The Kier molecular flexibility index (Phi) is 4.06. The Morgan fingerprint density at radius 1 is 1.14 bits per heavy atom. The third-order valence-corrected chi connectivity index (χ3v) is 4.36. The molecule has 2 amide bonds. The monoisotopic (exact) mass is 304 g/mol. The second kappa shape index (κ2) is 6.13. The van der Waals surface area contributed by atoms with Gasteiger partial charge in [-0.15, -0.1) is 0 Å². The van der Waals surface area contributed by atoms with Crippen LogP contribution in [0.15, 0.2) is 39.8 Å². The zero-order valence-electron chi connectivity index (χ0n) is 11.5. The number of piperazine rings is 1. The Labute approximate surface area is 126 Å². The summed E-state index contributed by atoms with van der Waals surface area (Å²) in [4.78, 5) is 27.9. The number of thiophene rings is 1. The van der Waals surface area contributed by atoms with E-state index in [0.717, 1.165) is 5.56 Å². The molecule has 0 radical (unpaired) electrons. The summed E-state index contributed by atoms with van der Waals surface area (Å²) < 4.78 is 4.93. The van der Waals surface area contributed by atoms with Gasteiger partial charge in [-0.25, -0.2) is 0 Å². The Morgan fingerprint density at radius 2 is 1.90 bits per heavy atom. The van der Waals surface area contributed by atoms with Gasteiger partial charge in [0, 0.05) is 26.2 Å². The lowest BCUT2D eigenvalue weighted by Gasteiger charge is -2.34. The van der Waals surface area contributed by atoms with Crippen molar-refractivity contribution >= 4 is 23.2 Å². The van der Waals surface area contributed by atoms with Gasteiger partial charge in [-0.05, 0) is 28.5 Å². The molecule has 0 N–H and O–H groups in total. The maximum Gasteiger partial charge on any atom is 0.257 e. The topological polar surface area (TPSA) is 53.8 Å². The summed E-state index contributed by atoms with van der Waals surface area (Å²) in [6.45, 7) is 2.32. The van der Waals surface area contributed by atoms with Crippen LogP contribution in [0, 0.1) is 0 Å². The third-order valence-electron chi connectivity index (χ3n) is 3.62. The Hall–Kier alpha value is -2.08. The van der Waals surface area contributed by atoms with Crippen LogP contribution in [0.1, 0.15) is 15.9 Å². The Balaban J connectivity index is 1.53. The van der Waals surface area contributed by atoms with E-state index in [-0.39, 0.29) is 11.8 Å². The average molecular weight is 304 g/mol. The van der Waals surface area contributed by atoms with E-state index < -0.39 is 0 Å². The summed E-state index contributed by atoms with van der Waals surface area (Å²) >= 11 is 1.60. The Morgan fingerprint density at radius 3 is 2.52 bits per heavy atom. The van der Waals surface area contributed by atoms with E-state index in [4.69, 9.17) is 4.42 Å². The molecule has 2 aromatic heterocycles. The van der Waals surface area contributed by atoms with Crippen LogP contribution < -0.4 is 0 Å². The van der Waals surface area contributed by atoms with Gasteiger partial charge < -0.3 is 14.2 Å². The molecule has 6 heteroatoms. The minimum atomic E-state index is -0.0336. The third kappa shape index (κ3) is 3.16. The SMILES string of the molecule is O=C(Cc1ccsc1)N1CCN(C(=O)c2ccoc2)CC1. The lowest BCUT2D eigenvalue weighted by molar-refractivity contribution is -0.131. The van der Waals surface area contributed by atoms with Gasteiger partial charge in [0.25, 0.3) is 5.91 Å². The van der Waals surface area contributed by atoms with Gasteiger partial charge >= 0.3 is 0 Å². The van der Waals surface area contributed by atoms with Crippen LogP contribution in [-0.2, 0) is 11.2 Å². The number of rotatable bonds is 3. The standard InChI is InChI=1S/C15H16N2O3S/c18-14(9-12-2-8-21-11-12)16-3-5-17(6-4-16)15(19)13-1-7-20-10-13/h1-2,7-8,10-11H,3-6,9H2. The molecule has 0 aromatic carbocycles. The molecule has 3 rings (SSSR count). The number of hydrogen-bond donors (Lipinski definition) is 0. The van der Waals surface area contributed by atoms with Crippen molar-refractivity contribution in [3.63, 3.8) is 0 Å². The van der Waals surface area contributed by atoms with Gasteiger partial charge in [0.2, 0.25) is 5.91 Å². The van der Waals surface area contributed by atoms with Crippen LogP contribution in [-0.4, -0.2) is 47.8 Å². The normalized spacial score (nSPS) is 15.2. The molecule has 21 heavy (non-hydrogen) atoms. The number of carbonyl (C=O) groups is 2. The van der Waals surface area contributed by atoms with Crippen LogP contribution in [0.3, 0.4) is 0 Å². The van der Waals surface area contributed by atoms with Crippen LogP contribution in [0.25, 0.3) is 0 Å². The van der Waals surface area contributed by atoms with E-state index >= 15 is 0 Å². The number of amides is 2. The molecular formula is C15H16N2O3S. The fourth-order valence-electron chi connectivity index (χ4n) is 2.41. The second-order valence-corrected chi connectivity index (χ2v) is 5.77. The minimum Gasteiger partial charge on any atom is -0.472 e. The Bertz CT molecular complexity index is 599. The fraction of sp³-hybridized carbons (Fsp3) is 0.333. The van der Waals surface area contributed by atoms with E-state index in [1.54, 1.807) is 22.3 Å². The summed E-state index contributed by atoms with van der Waals surface area (Å²) in [5.74, 6) is 0.0949. The molecule has 0 saturated carbocycles. The van der Waals surface area contributed by atoms with E-state index in [1.807, 2.05) is 21.7 Å². The summed E-state index contributed by atoms with van der Waals surface area (Å²) in [6.07, 6.45) is 3.39. The van der Waals surface area contributed by atoms with Crippen LogP contribution in [0.5, 0.6) is 0 Å². The summed E-state index contributed by atoms with van der Waals surface area (Å²) in [6, 6.07) is 3.64. The molecule has 0 unspecified atom stereocenters. The molecule has 2 aromatic rings. The quantitative estimate of drug-likeness (QED) is 0.870. The van der Waals surface area contributed by atoms with Crippen molar-refractivity contribution in [3.8, 4) is 0 Å². The molecule has 0 aliphatic carbocycles. The highest BCUT2D eigenvalue weighted by atomic mass is 32.1. The first-order chi connectivity index (χ1) is 10.2. The van der Waals surface area contributed by atoms with Gasteiger partial charge in [-0.3, -0.25) is 9.59 Å². The lowest BCUT2D eigenvalue weighted by atomic mass is 10.2. The first kappa shape index (κ1) is 13.9. The van der Waals surface area contributed by atoms with Gasteiger partial charge in [0.05, 0.1) is 18.2 Å². The van der Waals surface area contributed by atoms with Crippen molar-refractivity contribution < 1.29 is 14.0 Å². The first-order valence-electron chi connectivity index (χ1n) is 6.84. The smallest absolute Gasteiger partial charge is 0.257 e. The molecule has 1 fully saturated rings. The van der Waals surface area contributed by atoms with Crippen molar-refractivity contribution in [2.45, 2.75) is 6.42 Å². The van der Waals surface area contributed by atoms with Crippen LogP contribution in [0.2, 0.25) is 0 Å². The lowest BCUT2D eigenvalue weighted by Crippen LogP contribution is -2.50. The summed E-state index contributed by atoms with van der Waals surface area (Å²) in [5.41, 5.74) is 1.62. The van der Waals surface area contributed by atoms with Gasteiger partial charge in [0.1, 0.15) is 6.26 Å². The molecule has 0 bridgehead atoms. The molecule has 1 aliphatic heterocycles. The minimum absolute atomic E-state index is 0.0336. The van der Waals surface area contributed by atoms with Crippen molar-refractivity contribution in [2.75, 3.05) is 26.2 Å². The predicted molar refractivity (Wildman–Crippen MR) is 79.2 cm³/mol. The van der Waals surface area contributed by atoms with Crippen LogP contribution in [0.4, 0.5) is 0 Å². The molecule has 110 valence electrons. The number of hydrogen-bond acceptors (Lipinski definition) is 4. The molecule has 0 spiro atoms. The van der Waals surface area contributed by atoms with Gasteiger partial charge in [-0.2, -0.15) is 11.3 Å². The largest absolute Gasteiger partial charge is 0.472 e. The van der Waals surface area contributed by atoms with E-state index in [0.29, 0.717) is 38.2 Å². The predicted octanol–water partition coefficient (Wildman–Crippen LogP) is 1.87. The summed E-state index contributed by atoms with van der Waals surface area (Å²) in [5, 5.41) is 3.97. The molecule has 1 aliphatic rings. The summed E-state index contributed by atoms with van der Waals surface area (Å²) in [7, 11) is 0. The van der Waals surface area contributed by atoms with Crippen molar-refractivity contribution in [2.24, 2.45) is 0 Å². The fourth-order valence-corrected chi connectivity index (χ4v) is 3.08. The van der Waals surface area contributed by atoms with E-state index in [1.165, 1.54) is 12.5 Å². The average Bonchev–Trinajstić information content (AvgIpc) is 3.20. The highest BCUT2D eigenvalue weighted by Gasteiger charge is 2.25. The number of carbonyl (C=O) groups excluding carboxylic acids is 2. The maximum atomic E-state index is 12.2. The number of nitrogens with zero attached hydrogens (tertiary/aromatic N) is 2. The maximum absolute atomic E-state index is 12.2. The van der Waals surface area contributed by atoms with E-state index in [2.05, 4.69) is 0 Å². The van der Waals surface area contributed by atoms with Crippen molar-refractivity contribution in [1.82, 2.24) is 9.80 Å². The number of furan rings is 1. The highest BCUT2D eigenvalue weighted by molar-refractivity contribution is 7.07. The van der Waals surface area contributed by atoms with Crippen LogP contribution >= 0.6 is 11.3 Å². The van der Waals surface area contributed by atoms with E-state index in [9.17, 15) is 9.59 Å². The van der Waals surface area contributed by atoms with Gasteiger partial charge in [-0.1, -0.05) is 0 Å². The molecule has 1 saturated heterocycles. The van der Waals surface area contributed by atoms with Crippen molar-refractivity contribution in [1.29, 1.82) is 0 Å². The molecular weight excluding hydrogens is 288 g/mol. The second-order valence-electron chi connectivity index (χ2n) is 4.99. The van der Waals surface area contributed by atoms with Gasteiger partial charge in [0.15, 0.2) is 0 Å². The zero-order chi connectivity index (χ0) is 14.7. The zero-order valence-corrected chi connectivity index (χ0v) is 12.3. The van der Waals surface area contributed by atoms with Crippen molar-refractivity contribution in [3.05, 3.63) is 46.5 Å². The highest BCUT2D eigenvalue weighted by Crippen LogP contribution is 2.12.